The predicted octanol–water partition coefficient (Wildman–Crippen LogP) is 0.685. The third kappa shape index (κ3) is 5.92. The van der Waals surface area contributed by atoms with Gasteiger partial charge in [0.15, 0.2) is 0 Å². The average Bonchev–Trinajstić information content (AvgIpc) is 2.65. The molecule has 1 aliphatic heterocycles. The first-order chi connectivity index (χ1) is 12.1. The van der Waals surface area contributed by atoms with Gasteiger partial charge in [-0.3, -0.25) is 14.4 Å². The third-order valence-corrected chi connectivity index (χ3v) is 4.23. The Morgan fingerprint density at radius 2 is 1.80 bits per heavy atom. The van der Waals surface area contributed by atoms with Crippen LogP contribution < -0.4 is 10.6 Å². The number of nitriles is 1. The Hall–Kier alpha value is -2.88. The molecule has 3 amide bonds. The van der Waals surface area contributed by atoms with E-state index >= 15 is 0 Å². The van der Waals surface area contributed by atoms with E-state index in [0.717, 1.165) is 12.8 Å². The second kappa shape index (κ2) is 9.42. The summed E-state index contributed by atoms with van der Waals surface area (Å²) in [6, 6.07) is 10.6. The van der Waals surface area contributed by atoms with Crippen molar-refractivity contribution in [3.8, 4) is 6.07 Å². The summed E-state index contributed by atoms with van der Waals surface area (Å²) in [7, 11) is 0. The molecular weight excluding hydrogens is 320 g/mol. The first-order valence-corrected chi connectivity index (χ1v) is 8.35. The number of amides is 3. The van der Waals surface area contributed by atoms with E-state index in [1.165, 1.54) is 0 Å². The van der Waals surface area contributed by atoms with Crippen molar-refractivity contribution in [1.29, 1.82) is 5.26 Å². The summed E-state index contributed by atoms with van der Waals surface area (Å²) in [4.78, 5) is 37.2. The van der Waals surface area contributed by atoms with Crippen LogP contribution in [0.5, 0.6) is 0 Å². The van der Waals surface area contributed by atoms with Gasteiger partial charge in [-0.05, 0) is 30.9 Å². The van der Waals surface area contributed by atoms with Gasteiger partial charge in [-0.25, -0.2) is 0 Å². The number of carbonyl (C=O) groups is 3. The molecule has 1 fully saturated rings. The lowest BCUT2D eigenvalue weighted by molar-refractivity contribution is -0.131. The van der Waals surface area contributed by atoms with Gasteiger partial charge in [-0.15, -0.1) is 0 Å². The fourth-order valence-corrected chi connectivity index (χ4v) is 2.74. The van der Waals surface area contributed by atoms with Crippen LogP contribution >= 0.6 is 0 Å². The van der Waals surface area contributed by atoms with E-state index in [0.29, 0.717) is 31.1 Å². The molecule has 0 atom stereocenters. The van der Waals surface area contributed by atoms with Gasteiger partial charge in [0.25, 0.3) is 5.91 Å². The van der Waals surface area contributed by atoms with Crippen molar-refractivity contribution < 1.29 is 14.4 Å². The van der Waals surface area contributed by atoms with Crippen molar-refractivity contribution in [2.75, 3.05) is 26.2 Å². The van der Waals surface area contributed by atoms with Crippen molar-refractivity contribution in [3.05, 3.63) is 35.9 Å². The van der Waals surface area contributed by atoms with Crippen LogP contribution in [-0.4, -0.2) is 48.8 Å². The number of nitrogens with one attached hydrogen (secondary N) is 2. The molecule has 0 unspecified atom stereocenters. The molecule has 1 saturated heterocycles. The lowest BCUT2D eigenvalue weighted by Gasteiger charge is -2.32. The lowest BCUT2D eigenvalue weighted by Crippen LogP contribution is -2.45. The topological polar surface area (TPSA) is 102 Å². The fourth-order valence-electron chi connectivity index (χ4n) is 2.74. The maximum Gasteiger partial charge on any atom is 0.251 e. The highest BCUT2D eigenvalue weighted by atomic mass is 16.2. The summed E-state index contributed by atoms with van der Waals surface area (Å²) in [5.41, 5.74) is 0.530. The smallest absolute Gasteiger partial charge is 0.251 e. The van der Waals surface area contributed by atoms with Gasteiger partial charge in [-0.2, -0.15) is 5.26 Å². The molecule has 1 aliphatic rings. The Kier molecular flexibility index (Phi) is 6.96. The lowest BCUT2D eigenvalue weighted by atomic mass is 9.96. The maximum atomic E-state index is 12.2. The van der Waals surface area contributed by atoms with Crippen molar-refractivity contribution in [1.82, 2.24) is 15.5 Å². The van der Waals surface area contributed by atoms with Crippen LogP contribution in [-0.2, 0) is 9.59 Å². The van der Waals surface area contributed by atoms with Gasteiger partial charge >= 0.3 is 0 Å². The number of carbonyl (C=O) groups excluding carboxylic acids is 3. The zero-order valence-electron chi connectivity index (χ0n) is 14.0. The van der Waals surface area contributed by atoms with Crippen LogP contribution in [0, 0.1) is 17.2 Å². The molecule has 7 heteroatoms. The molecule has 0 bridgehead atoms. The van der Waals surface area contributed by atoms with Crippen LogP contribution in [0.15, 0.2) is 30.3 Å². The number of nitrogens with zero attached hydrogens (tertiary/aromatic N) is 2. The summed E-state index contributed by atoms with van der Waals surface area (Å²) in [5, 5.41) is 13.8. The first kappa shape index (κ1) is 18.5. The first-order valence-electron chi connectivity index (χ1n) is 8.35. The number of hydrogen-bond donors (Lipinski definition) is 2. The van der Waals surface area contributed by atoms with Crippen LogP contribution in [0.2, 0.25) is 0 Å². The molecule has 132 valence electrons. The Morgan fingerprint density at radius 3 is 2.44 bits per heavy atom. The third-order valence-electron chi connectivity index (χ3n) is 4.23. The van der Waals surface area contributed by atoms with Crippen molar-refractivity contribution in [2.45, 2.75) is 19.3 Å². The summed E-state index contributed by atoms with van der Waals surface area (Å²) in [5.74, 6) is -0.310. The molecule has 1 aromatic rings. The minimum Gasteiger partial charge on any atom is -0.355 e. The van der Waals surface area contributed by atoms with Crippen LogP contribution in [0.4, 0.5) is 0 Å². The fraction of sp³-hybridized carbons (Fsp3) is 0.444. The summed E-state index contributed by atoms with van der Waals surface area (Å²) < 4.78 is 0. The minimum absolute atomic E-state index is 0.0166. The summed E-state index contributed by atoms with van der Waals surface area (Å²) in [6.07, 6.45) is 1.47. The number of likely N-dealkylation sites (tertiary alicyclic amines) is 1. The molecule has 7 nitrogen and oxygen atoms in total. The van der Waals surface area contributed by atoms with E-state index in [1.807, 2.05) is 12.1 Å². The minimum atomic E-state index is -0.260. The molecule has 1 aromatic carbocycles. The van der Waals surface area contributed by atoms with Crippen LogP contribution in [0.1, 0.15) is 29.6 Å². The highest BCUT2D eigenvalue weighted by Gasteiger charge is 2.23. The highest BCUT2D eigenvalue weighted by Crippen LogP contribution is 2.16. The molecule has 0 aromatic heterocycles. The van der Waals surface area contributed by atoms with Gasteiger partial charge in [0.05, 0.1) is 12.6 Å². The van der Waals surface area contributed by atoms with Crippen molar-refractivity contribution in [3.63, 3.8) is 0 Å². The monoisotopic (exact) mass is 342 g/mol. The predicted molar refractivity (Wildman–Crippen MR) is 91.3 cm³/mol. The van der Waals surface area contributed by atoms with Crippen LogP contribution in [0.25, 0.3) is 0 Å². The number of hydrogen-bond acceptors (Lipinski definition) is 4. The molecule has 0 saturated carbocycles. The number of benzene rings is 1. The largest absolute Gasteiger partial charge is 0.355 e. The molecule has 1 heterocycles. The van der Waals surface area contributed by atoms with E-state index in [2.05, 4.69) is 10.6 Å². The standard InChI is InChI=1S/C18H22N4O3/c19-9-6-16(23)20-12-14-7-10-22(11-8-14)17(24)13-21-18(25)15-4-2-1-3-5-15/h1-5,14H,6-8,10-13H2,(H,20,23)(H,21,25). The molecule has 2 N–H and O–H groups in total. The van der Waals surface area contributed by atoms with Gasteiger partial charge < -0.3 is 15.5 Å². The Balaban J connectivity index is 1.68. The van der Waals surface area contributed by atoms with E-state index in [9.17, 15) is 14.4 Å². The highest BCUT2D eigenvalue weighted by molar-refractivity contribution is 5.96. The van der Waals surface area contributed by atoms with Crippen LogP contribution in [0.3, 0.4) is 0 Å². The normalized spacial score (nSPS) is 14.4. The number of piperidine rings is 1. The van der Waals surface area contributed by atoms with E-state index in [4.69, 9.17) is 5.26 Å². The van der Waals surface area contributed by atoms with E-state index < -0.39 is 0 Å². The molecule has 0 radical (unpaired) electrons. The summed E-state index contributed by atoms with van der Waals surface area (Å²) in [6.45, 7) is 1.74. The number of rotatable bonds is 6. The second-order valence-corrected chi connectivity index (χ2v) is 6.01. The summed E-state index contributed by atoms with van der Waals surface area (Å²) >= 11 is 0. The van der Waals surface area contributed by atoms with E-state index in [1.54, 1.807) is 29.2 Å². The second-order valence-electron chi connectivity index (χ2n) is 6.01. The SMILES string of the molecule is N#CCC(=O)NCC1CCN(C(=O)CNC(=O)c2ccccc2)CC1. The molecule has 2 rings (SSSR count). The Bertz CT molecular complexity index is 646. The van der Waals surface area contributed by atoms with Gasteiger partial charge in [0, 0.05) is 25.2 Å². The Labute approximate surface area is 147 Å². The molecule has 0 spiro atoms. The van der Waals surface area contributed by atoms with E-state index in [-0.39, 0.29) is 30.7 Å². The zero-order chi connectivity index (χ0) is 18.1. The van der Waals surface area contributed by atoms with Gasteiger partial charge in [0.1, 0.15) is 6.42 Å². The van der Waals surface area contributed by atoms with Gasteiger partial charge in [-0.1, -0.05) is 18.2 Å². The molecule has 0 aliphatic carbocycles. The maximum absolute atomic E-state index is 12.2. The molecular formula is C18H22N4O3. The van der Waals surface area contributed by atoms with Crippen molar-refractivity contribution in [2.24, 2.45) is 5.92 Å². The quantitative estimate of drug-likeness (QED) is 0.794. The molecule has 25 heavy (non-hydrogen) atoms. The van der Waals surface area contributed by atoms with Gasteiger partial charge in [0.2, 0.25) is 11.8 Å². The Morgan fingerprint density at radius 1 is 1.12 bits per heavy atom. The van der Waals surface area contributed by atoms with Crippen molar-refractivity contribution >= 4 is 17.7 Å². The average molecular weight is 342 g/mol. The zero-order valence-corrected chi connectivity index (χ0v) is 14.0.